The summed E-state index contributed by atoms with van der Waals surface area (Å²) in [6.07, 6.45) is 6.44. The molecular weight excluding hydrogens is 1050 g/mol. The zero-order valence-electron chi connectivity index (χ0n) is 36.6. The van der Waals surface area contributed by atoms with E-state index in [2.05, 4.69) is 30.1 Å². The Labute approximate surface area is 408 Å². The Balaban J connectivity index is 1.38. The molecule has 0 aliphatic carbocycles. The lowest BCUT2D eigenvalue weighted by molar-refractivity contribution is 0.381. The van der Waals surface area contributed by atoms with E-state index in [4.69, 9.17) is 0 Å². The Morgan fingerprint density at radius 3 is 0.829 bits per heavy atom. The number of rotatable bonds is 6. The first-order valence-corrected chi connectivity index (χ1v) is 21.2. The van der Waals surface area contributed by atoms with Crippen LogP contribution in [0.1, 0.15) is 22.8 Å². The van der Waals surface area contributed by atoms with E-state index in [0.29, 0.717) is 33.7 Å². The fourth-order valence-electron chi connectivity index (χ4n) is 8.79. The first-order chi connectivity index (χ1) is 36.2. The van der Waals surface area contributed by atoms with E-state index in [1.54, 1.807) is 0 Å². The lowest BCUT2D eigenvalue weighted by atomic mass is 10.00. The number of aromatic amines is 2. The van der Waals surface area contributed by atoms with Gasteiger partial charge in [-0.2, -0.15) is 10.2 Å². The summed E-state index contributed by atoms with van der Waals surface area (Å²) >= 11 is 0. The molecular formula is C50H16F18N8. The maximum Gasteiger partial charge on any atom is 0.200 e. The second kappa shape index (κ2) is 17.7. The highest BCUT2D eigenvalue weighted by Crippen LogP contribution is 2.45. The van der Waals surface area contributed by atoms with Crippen molar-refractivity contribution in [3.63, 3.8) is 0 Å². The highest BCUT2D eigenvalue weighted by atomic mass is 19.2. The second-order valence-corrected chi connectivity index (χ2v) is 16.3. The molecule has 0 radical (unpaired) electrons. The second-order valence-electron chi connectivity index (χ2n) is 16.3. The number of nitrogens with zero attached hydrogens (tertiary/aromatic N) is 6. The summed E-state index contributed by atoms with van der Waals surface area (Å²) in [6.45, 7) is 0. The van der Waals surface area contributed by atoms with Gasteiger partial charge in [-0.15, -0.1) is 0 Å². The fraction of sp³-hybridized carbons (Fsp3) is 0. The standard InChI is InChI=1S/C50H16F18N8/c51-31-27(32(52)40(60)43(63)39(31)59)23-15-3-4-16(71-15)24(28-33(53)41(61)44(64)42(62)34(28)54)18-6-8-20(73-18)26(30-37(57)47(67)50(48(68)38(30)58)76-14-2-12-70-76)22-10-9-21(74-22)25(19-7-5-17(23)72-19)29-35(55)45(65)49(46(66)36(29)56)75-13-1-11-69-75/h1-14,72,74H. The summed E-state index contributed by atoms with van der Waals surface area (Å²) in [4.78, 5) is 13.0. The van der Waals surface area contributed by atoms with E-state index in [9.17, 15) is 8.78 Å². The summed E-state index contributed by atoms with van der Waals surface area (Å²) in [5.74, 6) is -43.3. The average molecular weight is 1070 g/mol. The van der Waals surface area contributed by atoms with Gasteiger partial charge in [0, 0.05) is 69.1 Å². The Kier molecular flexibility index (Phi) is 11.4. The Hall–Kier alpha value is -9.36. The SMILES string of the molecule is Fc1c(F)c(F)c(-c2c3nc(c(-c4c(F)c(F)c(F)c(F)c4F)c4ccc([nH]4)c(-c4c(F)c(F)c(-n5cccn5)c(F)c4F)c4ccc([nH]4)c(-c4c(F)c(F)c(-n5cccn5)c(F)c4F)c4nc2C=C4)C=C3)c(F)c1F. The molecule has 9 aromatic rings. The van der Waals surface area contributed by atoms with Crippen LogP contribution in [-0.2, 0) is 0 Å². The minimum absolute atomic E-state index is 0.391. The molecule has 0 saturated carbocycles. The van der Waals surface area contributed by atoms with Crippen molar-refractivity contribution in [2.24, 2.45) is 0 Å². The van der Waals surface area contributed by atoms with Crippen LogP contribution in [0.2, 0.25) is 0 Å². The van der Waals surface area contributed by atoms with Crippen molar-refractivity contribution in [3.8, 4) is 55.9 Å². The van der Waals surface area contributed by atoms with E-state index >= 15 is 70.2 Å². The molecule has 2 N–H and O–H groups in total. The molecule has 5 aromatic heterocycles. The van der Waals surface area contributed by atoms with Crippen molar-refractivity contribution in [1.29, 1.82) is 0 Å². The smallest absolute Gasteiger partial charge is 0.200 e. The van der Waals surface area contributed by atoms with E-state index in [1.165, 1.54) is 0 Å². The van der Waals surface area contributed by atoms with Gasteiger partial charge in [0.25, 0.3) is 0 Å². The third-order valence-electron chi connectivity index (χ3n) is 12.1. The molecule has 4 aromatic carbocycles. The van der Waals surface area contributed by atoms with Gasteiger partial charge in [0.1, 0.15) is 11.4 Å². The quantitative estimate of drug-likeness (QED) is 0.0986. The monoisotopic (exact) mass is 1070 g/mol. The van der Waals surface area contributed by atoms with Crippen molar-refractivity contribution in [2.75, 3.05) is 0 Å². The molecule has 0 unspecified atom stereocenters. The molecule has 0 fully saturated rings. The lowest BCUT2D eigenvalue weighted by Gasteiger charge is -2.14. The van der Waals surface area contributed by atoms with Crippen LogP contribution in [0.25, 0.3) is 102 Å². The highest BCUT2D eigenvalue weighted by molar-refractivity contribution is 6.01. The summed E-state index contributed by atoms with van der Waals surface area (Å²) in [6, 6.07) is 5.29. The third kappa shape index (κ3) is 7.05. The molecule has 2 aliphatic rings. The lowest BCUT2D eigenvalue weighted by Crippen LogP contribution is -2.10. The molecule has 11 rings (SSSR count). The molecule has 8 bridgehead atoms. The van der Waals surface area contributed by atoms with Crippen LogP contribution < -0.4 is 0 Å². The van der Waals surface area contributed by atoms with Gasteiger partial charge < -0.3 is 9.97 Å². The average Bonchev–Trinajstić information content (AvgIpc) is 4.27. The minimum atomic E-state index is -2.69. The van der Waals surface area contributed by atoms with Crippen LogP contribution >= 0.6 is 0 Å². The largest absolute Gasteiger partial charge is 0.354 e. The minimum Gasteiger partial charge on any atom is -0.354 e. The van der Waals surface area contributed by atoms with E-state index in [1.807, 2.05) is 0 Å². The van der Waals surface area contributed by atoms with Gasteiger partial charge in [0.15, 0.2) is 93.1 Å². The van der Waals surface area contributed by atoms with Crippen molar-refractivity contribution in [2.45, 2.75) is 0 Å². The number of benzene rings is 4. The van der Waals surface area contributed by atoms with Gasteiger partial charge >= 0.3 is 0 Å². The molecule has 76 heavy (non-hydrogen) atoms. The van der Waals surface area contributed by atoms with Crippen molar-refractivity contribution in [1.82, 2.24) is 39.5 Å². The van der Waals surface area contributed by atoms with Crippen LogP contribution in [0, 0.1) is 105 Å². The van der Waals surface area contributed by atoms with Gasteiger partial charge in [0.2, 0.25) is 11.6 Å². The predicted octanol–water partition coefficient (Wildman–Crippen LogP) is 14.2. The first-order valence-electron chi connectivity index (χ1n) is 21.2. The molecule has 0 spiro atoms. The maximum absolute atomic E-state index is 16.7. The number of fused-ring (bicyclic) bond motifs is 8. The number of hydrogen-bond donors (Lipinski definition) is 2. The van der Waals surface area contributed by atoms with Crippen LogP contribution in [0.4, 0.5) is 79.0 Å². The summed E-state index contributed by atoms with van der Waals surface area (Å²) in [5.41, 5.74) is -21.5. The van der Waals surface area contributed by atoms with Crippen LogP contribution in [0.5, 0.6) is 0 Å². The highest BCUT2D eigenvalue weighted by Gasteiger charge is 2.36. The third-order valence-corrected chi connectivity index (χ3v) is 12.1. The number of nitrogens with one attached hydrogen (secondary N) is 2. The summed E-state index contributed by atoms with van der Waals surface area (Å²) in [5, 5.41) is 7.17. The Morgan fingerprint density at radius 2 is 0.526 bits per heavy atom. The van der Waals surface area contributed by atoms with E-state index in [-0.39, 0.29) is 0 Å². The predicted molar refractivity (Wildman–Crippen MR) is 234 cm³/mol. The van der Waals surface area contributed by atoms with Gasteiger partial charge in [-0.1, -0.05) is 0 Å². The van der Waals surface area contributed by atoms with Crippen LogP contribution in [0.15, 0.2) is 61.2 Å². The Morgan fingerprint density at radius 1 is 0.276 bits per heavy atom. The van der Waals surface area contributed by atoms with Crippen LogP contribution in [0.3, 0.4) is 0 Å². The number of aromatic nitrogens is 8. The van der Waals surface area contributed by atoms with E-state index < -0.39 is 205 Å². The van der Waals surface area contributed by atoms with Crippen LogP contribution in [-0.4, -0.2) is 39.5 Å². The van der Waals surface area contributed by atoms with Gasteiger partial charge in [-0.25, -0.2) is 98.4 Å². The normalized spacial score (nSPS) is 12.2. The topological polar surface area (TPSA) is 93.0 Å². The van der Waals surface area contributed by atoms with Gasteiger partial charge in [-0.05, 0) is 60.7 Å². The number of halogens is 18. The van der Waals surface area contributed by atoms with Crippen molar-refractivity contribution < 1.29 is 79.0 Å². The molecule has 8 nitrogen and oxygen atoms in total. The molecule has 2 aliphatic heterocycles. The molecule has 0 atom stereocenters. The van der Waals surface area contributed by atoms with E-state index in [0.717, 1.165) is 61.2 Å². The summed E-state index contributed by atoms with van der Waals surface area (Å²) in [7, 11) is 0. The zero-order valence-corrected chi connectivity index (χ0v) is 36.6. The van der Waals surface area contributed by atoms with Gasteiger partial charge in [0.05, 0.1) is 45.0 Å². The maximum atomic E-state index is 16.7. The fourth-order valence-corrected chi connectivity index (χ4v) is 8.79. The molecule has 0 saturated heterocycles. The molecule has 382 valence electrons. The van der Waals surface area contributed by atoms with Crippen molar-refractivity contribution >= 4 is 46.4 Å². The molecule has 0 amide bonds. The first kappa shape index (κ1) is 48.9. The number of H-pyrrole nitrogens is 2. The zero-order chi connectivity index (χ0) is 54.1. The Bertz CT molecular complexity index is 4160. The van der Waals surface area contributed by atoms with Crippen molar-refractivity contribution in [3.05, 3.63) is 189 Å². The number of hydrogen-bond acceptors (Lipinski definition) is 4. The van der Waals surface area contributed by atoms with Gasteiger partial charge in [-0.3, -0.25) is 0 Å². The summed E-state index contributed by atoms with van der Waals surface area (Å²) < 4.78 is 286. The molecule has 26 heteroatoms. The molecule has 7 heterocycles.